The summed E-state index contributed by atoms with van der Waals surface area (Å²) in [6.45, 7) is 0. The molecule has 0 unspecified atom stereocenters. The fraction of sp³-hybridized carbons (Fsp3) is 0.333. The largest absolute Gasteiger partial charge is 0.480 e. The van der Waals surface area contributed by atoms with Crippen molar-refractivity contribution in [1.82, 2.24) is 4.98 Å². The Bertz CT molecular complexity index is 412. The lowest BCUT2D eigenvalue weighted by atomic mass is 10.2. The summed E-state index contributed by atoms with van der Waals surface area (Å²) in [5.74, 6) is -0.717. The highest BCUT2D eigenvalue weighted by Gasteiger charge is 2.21. The predicted molar refractivity (Wildman–Crippen MR) is 59.8 cm³/mol. The standard InChI is InChI=1S/C9H8F2INO3/c1-15-8-6(12)4(9(14)16-2)3-5(13-8)7(10)11/h3,7H,1-2H3. The quantitative estimate of drug-likeness (QED) is 0.625. The first-order valence-corrected chi connectivity index (χ1v) is 5.20. The van der Waals surface area contributed by atoms with Gasteiger partial charge in [0.1, 0.15) is 5.69 Å². The number of hydrogen-bond donors (Lipinski definition) is 0. The molecule has 1 aromatic rings. The molecule has 7 heteroatoms. The van der Waals surface area contributed by atoms with Crippen LogP contribution in [0.5, 0.6) is 5.88 Å². The van der Waals surface area contributed by atoms with Gasteiger partial charge in [-0.2, -0.15) is 0 Å². The Labute approximate surface area is 104 Å². The highest BCUT2D eigenvalue weighted by Crippen LogP contribution is 2.27. The van der Waals surface area contributed by atoms with Gasteiger partial charge in [-0.3, -0.25) is 0 Å². The average molecular weight is 343 g/mol. The van der Waals surface area contributed by atoms with Gasteiger partial charge in [-0.05, 0) is 28.7 Å². The van der Waals surface area contributed by atoms with E-state index >= 15 is 0 Å². The molecule has 0 fully saturated rings. The van der Waals surface area contributed by atoms with E-state index < -0.39 is 18.1 Å². The maximum absolute atomic E-state index is 12.5. The number of nitrogens with zero attached hydrogens (tertiary/aromatic N) is 1. The molecule has 0 aliphatic carbocycles. The van der Waals surface area contributed by atoms with E-state index in [9.17, 15) is 13.6 Å². The topological polar surface area (TPSA) is 48.4 Å². The summed E-state index contributed by atoms with van der Waals surface area (Å²) in [5, 5.41) is 0. The summed E-state index contributed by atoms with van der Waals surface area (Å²) in [7, 11) is 2.47. The third-order valence-electron chi connectivity index (χ3n) is 1.77. The van der Waals surface area contributed by atoms with Gasteiger partial charge >= 0.3 is 5.97 Å². The summed E-state index contributed by atoms with van der Waals surface area (Å²) in [5.41, 5.74) is -0.497. The molecular weight excluding hydrogens is 335 g/mol. The van der Waals surface area contributed by atoms with Gasteiger partial charge in [0.15, 0.2) is 0 Å². The van der Waals surface area contributed by atoms with Gasteiger partial charge in [0.05, 0.1) is 23.4 Å². The zero-order valence-corrected chi connectivity index (χ0v) is 10.6. The molecule has 1 aromatic heterocycles. The molecule has 88 valence electrons. The summed E-state index contributed by atoms with van der Waals surface area (Å²) in [6.07, 6.45) is -2.77. The van der Waals surface area contributed by atoms with Gasteiger partial charge in [-0.25, -0.2) is 18.6 Å². The maximum atomic E-state index is 12.5. The molecule has 0 radical (unpaired) electrons. The molecule has 0 saturated heterocycles. The van der Waals surface area contributed by atoms with Crippen LogP contribution in [0, 0.1) is 3.57 Å². The lowest BCUT2D eigenvalue weighted by Gasteiger charge is -2.09. The maximum Gasteiger partial charge on any atom is 0.339 e. The van der Waals surface area contributed by atoms with E-state index in [4.69, 9.17) is 4.74 Å². The first-order valence-electron chi connectivity index (χ1n) is 4.12. The summed E-state index contributed by atoms with van der Waals surface area (Å²) in [4.78, 5) is 14.9. The third-order valence-corrected chi connectivity index (χ3v) is 2.81. The number of rotatable bonds is 3. The van der Waals surface area contributed by atoms with Crippen LogP contribution in [0.25, 0.3) is 0 Å². The Hall–Kier alpha value is -0.990. The van der Waals surface area contributed by atoms with Crippen molar-refractivity contribution in [3.05, 3.63) is 20.9 Å². The molecule has 16 heavy (non-hydrogen) atoms. The van der Waals surface area contributed by atoms with Crippen LogP contribution in [-0.4, -0.2) is 25.2 Å². The van der Waals surface area contributed by atoms with Gasteiger partial charge in [-0.15, -0.1) is 0 Å². The molecule has 0 aliphatic rings. The van der Waals surface area contributed by atoms with Crippen LogP contribution in [0.2, 0.25) is 0 Å². The number of hydrogen-bond acceptors (Lipinski definition) is 4. The van der Waals surface area contributed by atoms with E-state index in [0.29, 0.717) is 3.57 Å². The van der Waals surface area contributed by atoms with Crippen LogP contribution >= 0.6 is 22.6 Å². The minimum Gasteiger partial charge on any atom is -0.480 e. The van der Waals surface area contributed by atoms with Crippen LogP contribution < -0.4 is 4.74 Å². The molecule has 0 N–H and O–H groups in total. The number of carbonyl (C=O) groups is 1. The normalized spacial score (nSPS) is 10.4. The van der Waals surface area contributed by atoms with Crippen LogP contribution in [-0.2, 0) is 4.74 Å². The van der Waals surface area contributed by atoms with Gasteiger partial charge < -0.3 is 9.47 Å². The van der Waals surface area contributed by atoms with E-state index in [1.165, 1.54) is 14.2 Å². The molecular formula is C9H8F2INO3. The highest BCUT2D eigenvalue weighted by molar-refractivity contribution is 14.1. The summed E-state index contributed by atoms with van der Waals surface area (Å²) >= 11 is 1.79. The van der Waals surface area contributed by atoms with Crippen molar-refractivity contribution in [2.75, 3.05) is 14.2 Å². The Morgan fingerprint density at radius 2 is 2.12 bits per heavy atom. The Kier molecular flexibility index (Phi) is 4.39. The second kappa shape index (κ2) is 5.37. The molecule has 0 aromatic carbocycles. The number of alkyl halides is 2. The molecule has 0 atom stereocenters. The zero-order chi connectivity index (χ0) is 12.3. The van der Waals surface area contributed by atoms with E-state index in [1.807, 2.05) is 0 Å². The predicted octanol–water partition coefficient (Wildman–Crippen LogP) is 2.42. The second-order valence-corrected chi connectivity index (χ2v) is 3.79. The van der Waals surface area contributed by atoms with Crippen molar-refractivity contribution in [2.24, 2.45) is 0 Å². The summed E-state index contributed by atoms with van der Waals surface area (Å²) < 4.78 is 34.6. The number of halogens is 3. The third kappa shape index (κ3) is 2.57. The van der Waals surface area contributed by atoms with Crippen molar-refractivity contribution < 1.29 is 23.0 Å². The van der Waals surface area contributed by atoms with E-state index in [1.54, 1.807) is 22.6 Å². The van der Waals surface area contributed by atoms with Gasteiger partial charge in [0.2, 0.25) is 5.88 Å². The van der Waals surface area contributed by atoms with Gasteiger partial charge in [0.25, 0.3) is 6.43 Å². The first-order chi connectivity index (χ1) is 7.51. The molecule has 0 spiro atoms. The van der Waals surface area contributed by atoms with Crippen molar-refractivity contribution in [3.8, 4) is 5.88 Å². The van der Waals surface area contributed by atoms with Crippen LogP contribution in [0.15, 0.2) is 6.07 Å². The Balaban J connectivity index is 3.35. The van der Waals surface area contributed by atoms with E-state index in [0.717, 1.165) is 6.07 Å². The number of methoxy groups -OCH3 is 2. The zero-order valence-electron chi connectivity index (χ0n) is 8.46. The van der Waals surface area contributed by atoms with Crippen LogP contribution in [0.4, 0.5) is 8.78 Å². The number of aromatic nitrogens is 1. The summed E-state index contributed by atoms with van der Waals surface area (Å²) in [6, 6.07) is 1.00. The Morgan fingerprint density at radius 3 is 2.56 bits per heavy atom. The average Bonchev–Trinajstić information content (AvgIpc) is 2.28. The molecule has 0 amide bonds. The number of pyridine rings is 1. The van der Waals surface area contributed by atoms with Gasteiger partial charge in [0, 0.05) is 0 Å². The molecule has 4 nitrogen and oxygen atoms in total. The number of esters is 1. The van der Waals surface area contributed by atoms with Crippen LogP contribution in [0.3, 0.4) is 0 Å². The molecule has 0 bridgehead atoms. The minimum atomic E-state index is -2.77. The van der Waals surface area contributed by atoms with Crippen molar-refractivity contribution in [2.45, 2.75) is 6.43 Å². The monoisotopic (exact) mass is 343 g/mol. The fourth-order valence-corrected chi connectivity index (χ4v) is 1.75. The second-order valence-electron chi connectivity index (χ2n) is 2.71. The van der Waals surface area contributed by atoms with Crippen molar-refractivity contribution in [3.63, 3.8) is 0 Å². The fourth-order valence-electron chi connectivity index (χ4n) is 1.03. The van der Waals surface area contributed by atoms with Crippen molar-refractivity contribution >= 4 is 28.6 Å². The number of ether oxygens (including phenoxy) is 2. The lowest BCUT2D eigenvalue weighted by molar-refractivity contribution is 0.0598. The number of carbonyl (C=O) groups excluding carboxylic acids is 1. The highest BCUT2D eigenvalue weighted by atomic mass is 127. The molecule has 0 saturated carbocycles. The smallest absolute Gasteiger partial charge is 0.339 e. The van der Waals surface area contributed by atoms with Crippen LogP contribution in [0.1, 0.15) is 22.5 Å². The minimum absolute atomic E-state index is 0.0150. The molecule has 1 rings (SSSR count). The first kappa shape index (κ1) is 13.1. The van der Waals surface area contributed by atoms with Gasteiger partial charge in [-0.1, -0.05) is 0 Å². The SMILES string of the molecule is COC(=O)c1cc(C(F)F)nc(OC)c1I. The van der Waals surface area contributed by atoms with Crippen molar-refractivity contribution in [1.29, 1.82) is 0 Å². The lowest BCUT2D eigenvalue weighted by Crippen LogP contribution is -2.08. The van der Waals surface area contributed by atoms with E-state index in [-0.39, 0.29) is 11.4 Å². The van der Waals surface area contributed by atoms with E-state index in [2.05, 4.69) is 9.72 Å². The molecule has 1 heterocycles. The Morgan fingerprint density at radius 1 is 1.50 bits per heavy atom. The molecule has 0 aliphatic heterocycles.